The van der Waals surface area contributed by atoms with Crippen molar-refractivity contribution in [2.75, 3.05) is 4.90 Å². The molecule has 0 unspecified atom stereocenters. The van der Waals surface area contributed by atoms with Crippen LogP contribution in [-0.4, -0.2) is 0 Å². The molecule has 0 radical (unpaired) electrons. The summed E-state index contributed by atoms with van der Waals surface area (Å²) in [4.78, 5) is 2.39. The molecule has 0 aliphatic carbocycles. The Balaban J connectivity index is 1.16. The fourth-order valence-corrected chi connectivity index (χ4v) is 8.69. The van der Waals surface area contributed by atoms with Gasteiger partial charge >= 0.3 is 0 Å². The molecular weight excluding hydrogens is 559 g/mol. The minimum atomic E-state index is 1.15. The monoisotopic (exact) mass is 583 g/mol. The lowest BCUT2D eigenvalue weighted by Gasteiger charge is -2.26. The molecule has 0 fully saturated rings. The van der Waals surface area contributed by atoms with E-state index in [9.17, 15) is 0 Å². The summed E-state index contributed by atoms with van der Waals surface area (Å²) in [5.74, 6) is 0. The summed E-state index contributed by atoms with van der Waals surface area (Å²) in [5.41, 5.74) is 5.96. The summed E-state index contributed by atoms with van der Waals surface area (Å²) in [6, 6.07) is 55.4. The van der Waals surface area contributed by atoms with Gasteiger partial charge < -0.3 is 4.90 Å². The molecule has 0 aliphatic rings. The Kier molecular flexibility index (Phi) is 5.62. The number of rotatable bonds is 4. The first-order valence-corrected chi connectivity index (χ1v) is 16.1. The van der Waals surface area contributed by atoms with Crippen molar-refractivity contribution < 1.29 is 0 Å². The Morgan fingerprint density at radius 1 is 0.372 bits per heavy atom. The minimum absolute atomic E-state index is 1.15. The fraction of sp³-hybridized carbons (Fsp3) is 0. The molecule has 3 heteroatoms. The van der Waals surface area contributed by atoms with Crippen LogP contribution in [0.25, 0.3) is 62.2 Å². The highest BCUT2D eigenvalue weighted by molar-refractivity contribution is 7.26. The number of nitrogens with zero attached hydrogens (tertiary/aromatic N) is 1. The first kappa shape index (κ1) is 24.6. The van der Waals surface area contributed by atoms with E-state index in [4.69, 9.17) is 0 Å². The molecule has 9 rings (SSSR count). The second kappa shape index (κ2) is 9.81. The van der Waals surface area contributed by atoms with Gasteiger partial charge in [0.05, 0.1) is 5.69 Å². The van der Waals surface area contributed by atoms with E-state index < -0.39 is 0 Å². The SMILES string of the molecule is c1ccc(N(c2ccc(-c3ccc4c(c3)sc3cc5ccccc5cc34)cc2)c2cccc3sc4ccccc4c23)cc1. The molecule has 0 spiro atoms. The van der Waals surface area contributed by atoms with E-state index in [2.05, 4.69) is 157 Å². The Morgan fingerprint density at radius 3 is 1.88 bits per heavy atom. The van der Waals surface area contributed by atoms with Gasteiger partial charge in [-0.25, -0.2) is 0 Å². The fourth-order valence-electron chi connectivity index (χ4n) is 6.39. The zero-order chi connectivity index (χ0) is 28.3. The molecule has 0 aliphatic heterocycles. The van der Waals surface area contributed by atoms with Crippen molar-refractivity contribution in [3.63, 3.8) is 0 Å². The van der Waals surface area contributed by atoms with E-state index in [1.54, 1.807) is 0 Å². The predicted octanol–water partition coefficient (Wildman–Crippen LogP) is 12.7. The molecule has 0 bridgehead atoms. The Hall–Kier alpha value is -4.96. The average molecular weight is 584 g/mol. The van der Waals surface area contributed by atoms with Crippen molar-refractivity contribution in [1.29, 1.82) is 0 Å². The Bertz CT molecular complexity index is 2450. The van der Waals surface area contributed by atoms with Crippen LogP contribution in [-0.2, 0) is 0 Å². The maximum Gasteiger partial charge on any atom is 0.0554 e. The van der Waals surface area contributed by atoms with Gasteiger partial charge in [0.1, 0.15) is 0 Å². The normalized spacial score (nSPS) is 11.7. The maximum atomic E-state index is 2.39. The molecular formula is C40H25NS2. The third kappa shape index (κ3) is 4.04. The lowest BCUT2D eigenvalue weighted by Crippen LogP contribution is -2.10. The molecule has 7 aromatic carbocycles. The average Bonchev–Trinajstić information content (AvgIpc) is 3.62. The van der Waals surface area contributed by atoms with Crippen molar-refractivity contribution in [3.8, 4) is 11.1 Å². The van der Waals surface area contributed by atoms with E-state index in [1.807, 2.05) is 22.7 Å². The maximum absolute atomic E-state index is 2.39. The van der Waals surface area contributed by atoms with Crippen LogP contribution in [0.3, 0.4) is 0 Å². The number of anilines is 3. The van der Waals surface area contributed by atoms with E-state index in [-0.39, 0.29) is 0 Å². The molecule has 9 aromatic rings. The van der Waals surface area contributed by atoms with Crippen molar-refractivity contribution in [2.45, 2.75) is 0 Å². The first-order chi connectivity index (χ1) is 21.3. The molecule has 0 N–H and O–H groups in total. The number of para-hydroxylation sites is 1. The summed E-state index contributed by atoms with van der Waals surface area (Å²) < 4.78 is 5.29. The van der Waals surface area contributed by atoms with Crippen molar-refractivity contribution in [2.24, 2.45) is 0 Å². The van der Waals surface area contributed by atoms with Crippen LogP contribution in [0.15, 0.2) is 152 Å². The summed E-state index contributed by atoms with van der Waals surface area (Å²) in [6.45, 7) is 0. The second-order valence-corrected chi connectivity index (χ2v) is 13.1. The number of hydrogen-bond acceptors (Lipinski definition) is 3. The highest BCUT2D eigenvalue weighted by atomic mass is 32.1. The van der Waals surface area contributed by atoms with Crippen molar-refractivity contribution >= 4 is 90.9 Å². The van der Waals surface area contributed by atoms with Gasteiger partial charge in [-0.15, -0.1) is 22.7 Å². The molecule has 2 heterocycles. The first-order valence-electron chi connectivity index (χ1n) is 14.5. The summed E-state index contributed by atoms with van der Waals surface area (Å²) in [5, 5.41) is 7.88. The van der Waals surface area contributed by atoms with Crippen LogP contribution in [0.5, 0.6) is 0 Å². The van der Waals surface area contributed by atoms with Crippen LogP contribution in [0.1, 0.15) is 0 Å². The molecule has 0 saturated heterocycles. The molecule has 0 atom stereocenters. The number of thiophene rings is 2. The van der Waals surface area contributed by atoms with Gasteiger partial charge in [0, 0.05) is 51.7 Å². The van der Waals surface area contributed by atoms with E-state index in [0.29, 0.717) is 0 Å². The number of fused-ring (bicyclic) bond motifs is 7. The van der Waals surface area contributed by atoms with Gasteiger partial charge in [-0.2, -0.15) is 0 Å². The molecule has 0 amide bonds. The van der Waals surface area contributed by atoms with Gasteiger partial charge in [0.15, 0.2) is 0 Å². The van der Waals surface area contributed by atoms with Crippen LogP contribution in [0.2, 0.25) is 0 Å². The molecule has 2 aromatic heterocycles. The van der Waals surface area contributed by atoms with Crippen LogP contribution >= 0.6 is 22.7 Å². The van der Waals surface area contributed by atoms with E-state index in [0.717, 1.165) is 11.4 Å². The van der Waals surface area contributed by atoms with Crippen molar-refractivity contribution in [1.82, 2.24) is 0 Å². The lowest BCUT2D eigenvalue weighted by molar-refractivity contribution is 1.30. The minimum Gasteiger partial charge on any atom is -0.310 e. The summed E-state index contributed by atoms with van der Waals surface area (Å²) >= 11 is 3.74. The van der Waals surface area contributed by atoms with Gasteiger partial charge in [-0.05, 0) is 82.6 Å². The van der Waals surface area contributed by atoms with Crippen LogP contribution in [0.4, 0.5) is 17.1 Å². The Morgan fingerprint density at radius 2 is 1.02 bits per heavy atom. The zero-order valence-electron chi connectivity index (χ0n) is 23.2. The largest absolute Gasteiger partial charge is 0.310 e. The topological polar surface area (TPSA) is 3.24 Å². The smallest absolute Gasteiger partial charge is 0.0554 e. The van der Waals surface area contributed by atoms with Gasteiger partial charge in [0.25, 0.3) is 0 Å². The molecule has 202 valence electrons. The highest BCUT2D eigenvalue weighted by Gasteiger charge is 2.18. The third-order valence-electron chi connectivity index (χ3n) is 8.43. The molecule has 43 heavy (non-hydrogen) atoms. The third-order valence-corrected chi connectivity index (χ3v) is 10.7. The van der Waals surface area contributed by atoms with Gasteiger partial charge in [-0.1, -0.05) is 91.0 Å². The van der Waals surface area contributed by atoms with Crippen molar-refractivity contribution in [3.05, 3.63) is 152 Å². The van der Waals surface area contributed by atoms with E-state index in [1.165, 1.54) is 67.9 Å². The molecule has 1 nitrogen and oxygen atoms in total. The van der Waals surface area contributed by atoms with Crippen LogP contribution < -0.4 is 4.90 Å². The van der Waals surface area contributed by atoms with E-state index >= 15 is 0 Å². The number of benzene rings is 7. The molecule has 0 saturated carbocycles. The Labute approximate surface area is 257 Å². The zero-order valence-corrected chi connectivity index (χ0v) is 24.8. The van der Waals surface area contributed by atoms with Gasteiger partial charge in [-0.3, -0.25) is 0 Å². The standard InChI is InChI=1S/C40H25NS2/c1-2-11-30(12-3-1)41(35-14-8-16-37-40(35)33-13-6-7-15-36(33)42-37)31-20-17-26(18-21-31)29-19-22-32-34-23-27-9-4-5-10-28(27)24-39(34)43-38(32)25-29/h1-25H. The lowest BCUT2D eigenvalue weighted by atomic mass is 10.0. The summed E-state index contributed by atoms with van der Waals surface area (Å²) in [6.07, 6.45) is 0. The highest BCUT2D eigenvalue weighted by Crippen LogP contribution is 2.45. The second-order valence-electron chi connectivity index (χ2n) is 11.0. The summed E-state index contributed by atoms with van der Waals surface area (Å²) in [7, 11) is 0. The predicted molar refractivity (Wildman–Crippen MR) is 190 cm³/mol. The quantitative estimate of drug-likeness (QED) is 0.199. The van der Waals surface area contributed by atoms with Crippen LogP contribution in [0, 0.1) is 0 Å². The van der Waals surface area contributed by atoms with Gasteiger partial charge in [0.2, 0.25) is 0 Å². The number of hydrogen-bond donors (Lipinski definition) is 0.